The molecule has 194 valence electrons. The van der Waals surface area contributed by atoms with Crippen LogP contribution in [0.15, 0.2) is 65.6 Å². The number of aryl methyl sites for hydroxylation is 2. The second kappa shape index (κ2) is 10.4. The normalized spacial score (nSPS) is 12.1. The molecule has 0 unspecified atom stereocenters. The lowest BCUT2D eigenvalue weighted by Crippen LogP contribution is -2.44. The van der Waals surface area contributed by atoms with Gasteiger partial charge in [0.2, 0.25) is 0 Å². The average molecular weight is 560 g/mol. The van der Waals surface area contributed by atoms with Crippen LogP contribution >= 0.6 is 23.2 Å². The highest BCUT2D eigenvalue weighted by molar-refractivity contribution is 7.90. The fourth-order valence-corrected chi connectivity index (χ4v) is 5.34. The molecule has 0 saturated heterocycles. The Bertz CT molecular complexity index is 1560. The third-order valence-corrected chi connectivity index (χ3v) is 8.40. The number of sulfonamides is 1. The van der Waals surface area contributed by atoms with Crippen LogP contribution < -0.4 is 10.0 Å². The van der Waals surface area contributed by atoms with E-state index >= 15 is 0 Å². The van der Waals surface area contributed by atoms with Gasteiger partial charge >= 0.3 is 6.03 Å². The highest BCUT2D eigenvalue weighted by Crippen LogP contribution is 2.33. The fraction of sp³-hybridized carbons (Fsp3) is 0.259. The van der Waals surface area contributed by atoms with Crippen molar-refractivity contribution in [1.29, 1.82) is 0 Å². The average Bonchev–Trinajstić information content (AvgIpc) is 3.24. The molecule has 3 aromatic carbocycles. The lowest BCUT2D eigenvalue weighted by atomic mass is 9.84. The first kappa shape index (κ1) is 27.0. The number of halogens is 2. The van der Waals surface area contributed by atoms with E-state index in [0.717, 1.165) is 28.2 Å². The Kier molecular flexibility index (Phi) is 7.55. The Labute approximate surface area is 226 Å². The van der Waals surface area contributed by atoms with Crippen LogP contribution in [0.5, 0.6) is 0 Å². The van der Waals surface area contributed by atoms with E-state index in [1.54, 1.807) is 18.2 Å². The highest BCUT2D eigenvalue weighted by Gasteiger charge is 2.24. The van der Waals surface area contributed by atoms with Crippen LogP contribution in [0.2, 0.25) is 10.0 Å². The number of nitrogens with one attached hydrogen (secondary N) is 2. The maximum absolute atomic E-state index is 12.5. The van der Waals surface area contributed by atoms with Crippen molar-refractivity contribution in [2.45, 2.75) is 44.4 Å². The van der Waals surface area contributed by atoms with E-state index in [0.29, 0.717) is 22.0 Å². The molecule has 0 aliphatic carbocycles. The number of aromatic nitrogens is 2. The summed E-state index contributed by atoms with van der Waals surface area (Å²) in [6.45, 7) is 8.06. The predicted octanol–water partition coefficient (Wildman–Crippen LogP) is 6.17. The minimum absolute atomic E-state index is 0.0325. The molecule has 0 aliphatic rings. The molecule has 0 aliphatic heterocycles. The summed E-state index contributed by atoms with van der Waals surface area (Å²) in [6.07, 6.45) is 0.709. The van der Waals surface area contributed by atoms with Gasteiger partial charge in [-0.1, -0.05) is 73.8 Å². The van der Waals surface area contributed by atoms with Gasteiger partial charge in [0.05, 0.1) is 20.5 Å². The lowest BCUT2D eigenvalue weighted by molar-refractivity contribution is 0.243. The number of fused-ring (bicyclic) bond motifs is 1. The second-order valence-corrected chi connectivity index (χ2v) is 11.9. The first-order chi connectivity index (χ1) is 17.4. The van der Waals surface area contributed by atoms with Gasteiger partial charge in [0, 0.05) is 24.1 Å². The summed E-state index contributed by atoms with van der Waals surface area (Å²) in [6, 6.07) is 17.1. The number of carbonyl (C=O) groups is 1. The van der Waals surface area contributed by atoms with E-state index in [2.05, 4.69) is 19.6 Å². The predicted molar refractivity (Wildman–Crippen MR) is 148 cm³/mol. The molecule has 37 heavy (non-hydrogen) atoms. The molecule has 0 radical (unpaired) electrons. The van der Waals surface area contributed by atoms with E-state index < -0.39 is 21.5 Å². The first-order valence-corrected chi connectivity index (χ1v) is 14.0. The number of carbonyl (C=O) groups excluding carboxylic acids is 1. The first-order valence-electron chi connectivity index (χ1n) is 11.8. The third-order valence-electron chi connectivity index (χ3n) is 6.26. The minimum atomic E-state index is -3.96. The van der Waals surface area contributed by atoms with Crippen molar-refractivity contribution >= 4 is 50.3 Å². The van der Waals surface area contributed by atoms with Crippen LogP contribution in [-0.2, 0) is 21.9 Å². The summed E-state index contributed by atoms with van der Waals surface area (Å²) in [5.41, 5.74) is 3.88. The molecular formula is C27H28Cl2N4O3S. The minimum Gasteiger partial charge on any atom is -0.336 e. The maximum atomic E-state index is 12.5. The summed E-state index contributed by atoms with van der Waals surface area (Å²) >= 11 is 12.6. The largest absolute Gasteiger partial charge is 0.336 e. The van der Waals surface area contributed by atoms with Crippen LogP contribution in [-0.4, -0.2) is 30.5 Å². The van der Waals surface area contributed by atoms with Gasteiger partial charge in [-0.15, -0.1) is 0 Å². The van der Waals surface area contributed by atoms with Gasteiger partial charge in [-0.2, -0.15) is 0 Å². The van der Waals surface area contributed by atoms with Crippen molar-refractivity contribution in [3.8, 4) is 5.69 Å². The Morgan fingerprint density at radius 2 is 1.65 bits per heavy atom. The van der Waals surface area contributed by atoms with Gasteiger partial charge in [0.25, 0.3) is 10.0 Å². The van der Waals surface area contributed by atoms with Gasteiger partial charge in [-0.05, 0) is 48.9 Å². The van der Waals surface area contributed by atoms with Gasteiger partial charge in [-0.3, -0.25) is 4.57 Å². The summed E-state index contributed by atoms with van der Waals surface area (Å²) in [5.74, 6) is 0.860. The molecule has 7 nitrogen and oxygen atoms in total. The quantitative estimate of drug-likeness (QED) is 0.283. The molecule has 4 aromatic rings. The van der Waals surface area contributed by atoms with E-state index in [4.69, 9.17) is 23.2 Å². The van der Waals surface area contributed by atoms with Crippen LogP contribution in [0.4, 0.5) is 4.79 Å². The summed E-state index contributed by atoms with van der Waals surface area (Å²) < 4.78 is 29.1. The maximum Gasteiger partial charge on any atom is 0.328 e. The molecule has 1 aromatic heterocycles. The van der Waals surface area contributed by atoms with Crippen molar-refractivity contribution in [1.82, 2.24) is 19.6 Å². The molecule has 4 rings (SSSR count). The molecule has 0 bridgehead atoms. The fourth-order valence-electron chi connectivity index (χ4n) is 4.06. The van der Waals surface area contributed by atoms with Crippen molar-refractivity contribution in [2.24, 2.45) is 0 Å². The Balaban J connectivity index is 1.49. The molecule has 2 N–H and O–H groups in total. The number of nitrogens with zero attached hydrogens (tertiary/aromatic N) is 2. The summed E-state index contributed by atoms with van der Waals surface area (Å²) in [5, 5.41) is 3.57. The van der Waals surface area contributed by atoms with Gasteiger partial charge in [-0.25, -0.2) is 22.9 Å². The molecule has 10 heteroatoms. The van der Waals surface area contributed by atoms with Crippen molar-refractivity contribution < 1.29 is 13.2 Å². The van der Waals surface area contributed by atoms with Crippen LogP contribution in [0.25, 0.3) is 16.7 Å². The Morgan fingerprint density at radius 1 is 1.00 bits per heavy atom. The summed E-state index contributed by atoms with van der Waals surface area (Å²) in [4.78, 5) is 17.1. The van der Waals surface area contributed by atoms with Crippen LogP contribution in [0.1, 0.15) is 37.7 Å². The lowest BCUT2D eigenvalue weighted by Gasteiger charge is -2.26. The molecule has 0 saturated carbocycles. The Morgan fingerprint density at radius 3 is 2.27 bits per heavy atom. The number of hydrogen-bond donors (Lipinski definition) is 2. The zero-order valence-electron chi connectivity index (χ0n) is 21.0. The van der Waals surface area contributed by atoms with Crippen molar-refractivity contribution in [3.05, 3.63) is 87.7 Å². The topological polar surface area (TPSA) is 93.1 Å². The zero-order chi connectivity index (χ0) is 27.0. The molecular weight excluding hydrogens is 531 g/mol. The molecule has 0 atom stereocenters. The van der Waals surface area contributed by atoms with Gasteiger partial charge in [0.15, 0.2) is 0 Å². The second-order valence-electron chi connectivity index (χ2n) is 9.48. The number of benzene rings is 3. The molecule has 0 fully saturated rings. The van der Waals surface area contributed by atoms with E-state index in [-0.39, 0.29) is 11.4 Å². The third kappa shape index (κ3) is 5.61. The Hall–Kier alpha value is -3.07. The van der Waals surface area contributed by atoms with Crippen molar-refractivity contribution in [2.75, 3.05) is 6.54 Å². The number of rotatable bonds is 7. The smallest absolute Gasteiger partial charge is 0.328 e. The summed E-state index contributed by atoms with van der Waals surface area (Å²) in [7, 11) is -3.96. The number of urea groups is 1. The van der Waals surface area contributed by atoms with E-state index in [9.17, 15) is 13.2 Å². The monoisotopic (exact) mass is 558 g/mol. The van der Waals surface area contributed by atoms with Gasteiger partial charge < -0.3 is 5.32 Å². The molecule has 2 amide bonds. The van der Waals surface area contributed by atoms with Gasteiger partial charge in [0.1, 0.15) is 11.3 Å². The van der Waals surface area contributed by atoms with E-state index in [1.165, 1.54) is 12.1 Å². The molecule has 0 spiro atoms. The van der Waals surface area contributed by atoms with Crippen LogP contribution in [0.3, 0.4) is 0 Å². The van der Waals surface area contributed by atoms with Crippen molar-refractivity contribution in [3.63, 3.8) is 0 Å². The number of imidazole rings is 1. The van der Waals surface area contributed by atoms with E-state index in [1.807, 2.05) is 58.0 Å². The number of hydrogen-bond acceptors (Lipinski definition) is 4. The SMILES string of the molecule is CCc1nc2c(Cl)c(Cl)ccc2n1-c1ccc(C(C)(C)CNC(=O)NS(=O)(=O)c2ccc(C)cc2)cc1. The number of amides is 2. The molecule has 1 heterocycles. The highest BCUT2D eigenvalue weighted by atomic mass is 35.5. The van der Waals surface area contributed by atoms with Crippen LogP contribution in [0, 0.1) is 6.92 Å². The zero-order valence-corrected chi connectivity index (χ0v) is 23.3. The standard InChI is InChI=1S/C27H28Cl2N4O3S/c1-5-23-31-25-22(15-14-21(28)24(25)29)33(23)19-10-8-18(9-11-19)27(3,4)16-30-26(34)32-37(35,36)20-12-6-17(2)7-13-20/h6-15H,5,16H2,1-4H3,(H2,30,32,34).